The Morgan fingerprint density at radius 2 is 2.00 bits per heavy atom. The van der Waals surface area contributed by atoms with Crippen LogP contribution in [-0.2, 0) is 9.59 Å². The van der Waals surface area contributed by atoms with E-state index in [9.17, 15) is 14.0 Å². The van der Waals surface area contributed by atoms with E-state index in [4.69, 9.17) is 4.74 Å². The van der Waals surface area contributed by atoms with Crippen LogP contribution in [0, 0.1) is 25.6 Å². The van der Waals surface area contributed by atoms with Gasteiger partial charge in [-0.15, -0.1) is 0 Å². The number of hydrazine groups is 1. The van der Waals surface area contributed by atoms with Crippen molar-refractivity contribution in [1.29, 1.82) is 0 Å². The van der Waals surface area contributed by atoms with E-state index in [1.165, 1.54) is 16.8 Å². The van der Waals surface area contributed by atoms with Crippen LogP contribution in [0.2, 0.25) is 0 Å². The number of rotatable bonds is 6. The lowest BCUT2D eigenvalue weighted by Gasteiger charge is -2.37. The maximum atomic E-state index is 13.4. The lowest BCUT2D eigenvalue weighted by atomic mass is 10.0. The van der Waals surface area contributed by atoms with Crippen molar-refractivity contribution in [3.63, 3.8) is 0 Å². The van der Waals surface area contributed by atoms with Crippen molar-refractivity contribution >= 4 is 23.3 Å². The first-order valence-electron chi connectivity index (χ1n) is 11.3. The maximum absolute atomic E-state index is 13.4. The second-order valence-electron chi connectivity index (χ2n) is 8.61. The summed E-state index contributed by atoms with van der Waals surface area (Å²) in [5.74, 6) is -0.209. The van der Waals surface area contributed by atoms with Crippen molar-refractivity contribution < 1.29 is 18.7 Å². The number of ether oxygens (including phenoxy) is 1. The van der Waals surface area contributed by atoms with Crippen LogP contribution < -0.4 is 31.1 Å². The normalized spacial score (nSPS) is 21.4. The molecule has 0 radical (unpaired) electrons. The molecule has 182 valence electrons. The molecule has 3 unspecified atom stereocenters. The molecule has 2 aromatic carbocycles. The van der Waals surface area contributed by atoms with Crippen LogP contribution in [-0.4, -0.2) is 40.9 Å². The predicted octanol–water partition coefficient (Wildman–Crippen LogP) is 1.80. The summed E-state index contributed by atoms with van der Waals surface area (Å²) in [5.41, 5.74) is 5.61. The Hall–Kier alpha value is -3.96. The second kappa shape index (κ2) is 9.35. The number of hydrogen-bond donors (Lipinski definition) is 4. The summed E-state index contributed by atoms with van der Waals surface area (Å²) >= 11 is 0. The van der Waals surface area contributed by atoms with Gasteiger partial charge in [-0.1, -0.05) is 12.1 Å². The number of carbonyl (C=O) groups is 2. The van der Waals surface area contributed by atoms with Crippen LogP contribution in [0.4, 0.5) is 15.9 Å². The van der Waals surface area contributed by atoms with Gasteiger partial charge in [0.25, 0.3) is 5.91 Å². The molecule has 0 saturated carbocycles. The van der Waals surface area contributed by atoms with Crippen LogP contribution in [0.1, 0.15) is 17.5 Å². The molecule has 11 heteroatoms. The molecule has 3 atom stereocenters. The van der Waals surface area contributed by atoms with Gasteiger partial charge in [0.2, 0.25) is 5.91 Å². The molecule has 2 saturated heterocycles. The number of anilines is 2. The van der Waals surface area contributed by atoms with Gasteiger partial charge in [0.15, 0.2) is 12.9 Å². The highest BCUT2D eigenvalue weighted by Crippen LogP contribution is 2.28. The topological polar surface area (TPSA) is 113 Å². The third-order valence-electron chi connectivity index (χ3n) is 5.92. The van der Waals surface area contributed by atoms with E-state index in [1.807, 2.05) is 25.1 Å². The molecule has 4 N–H and O–H groups in total. The molecule has 0 aliphatic carbocycles. The molecule has 10 nitrogen and oxygen atoms in total. The molecule has 2 aliphatic rings. The molecule has 35 heavy (non-hydrogen) atoms. The number of aromatic nitrogens is 2. The van der Waals surface area contributed by atoms with Crippen LogP contribution in [0.25, 0.3) is 0 Å². The van der Waals surface area contributed by atoms with Crippen molar-refractivity contribution in [3.8, 4) is 5.75 Å². The van der Waals surface area contributed by atoms with Gasteiger partial charge in [-0.2, -0.15) is 5.10 Å². The highest BCUT2D eigenvalue weighted by Gasteiger charge is 2.45. The Morgan fingerprint density at radius 1 is 1.20 bits per heavy atom. The summed E-state index contributed by atoms with van der Waals surface area (Å²) in [6, 6.07) is 15.2. The average molecular weight is 480 g/mol. The Morgan fingerprint density at radius 3 is 2.77 bits per heavy atom. The zero-order chi connectivity index (χ0) is 24.5. The van der Waals surface area contributed by atoms with Crippen LogP contribution in [0.15, 0.2) is 54.6 Å². The number of nitrogens with zero attached hydrogens (tertiary/aromatic N) is 3. The van der Waals surface area contributed by atoms with E-state index in [0.29, 0.717) is 23.8 Å². The van der Waals surface area contributed by atoms with Gasteiger partial charge in [-0.05, 0) is 55.8 Å². The minimum Gasteiger partial charge on any atom is -0.484 e. The minimum atomic E-state index is -0.715. The molecule has 2 amide bonds. The van der Waals surface area contributed by atoms with Crippen molar-refractivity contribution in [1.82, 2.24) is 25.8 Å². The third kappa shape index (κ3) is 4.81. The number of benzene rings is 2. The molecule has 2 fully saturated rings. The smallest absolute Gasteiger partial charge is 0.263 e. The third-order valence-corrected chi connectivity index (χ3v) is 5.92. The summed E-state index contributed by atoms with van der Waals surface area (Å²) in [4.78, 5) is 25.5. The van der Waals surface area contributed by atoms with Crippen molar-refractivity contribution in [2.24, 2.45) is 5.92 Å². The number of carbonyl (C=O) groups excluding carboxylic acids is 2. The fourth-order valence-electron chi connectivity index (χ4n) is 4.28. The van der Waals surface area contributed by atoms with Gasteiger partial charge in [0.05, 0.1) is 17.3 Å². The van der Waals surface area contributed by atoms with Crippen molar-refractivity contribution in [3.05, 3.63) is 71.7 Å². The highest BCUT2D eigenvalue weighted by molar-refractivity contribution is 5.91. The molecular formula is C24H26FN7O3. The van der Waals surface area contributed by atoms with Gasteiger partial charge in [-0.25, -0.2) is 14.5 Å². The summed E-state index contributed by atoms with van der Waals surface area (Å²) in [6.07, 6.45) is -1.12. The van der Waals surface area contributed by atoms with Gasteiger partial charge in [-0.3, -0.25) is 19.9 Å². The van der Waals surface area contributed by atoms with Crippen molar-refractivity contribution in [2.75, 3.05) is 23.5 Å². The molecule has 2 aliphatic heterocycles. The summed E-state index contributed by atoms with van der Waals surface area (Å²) in [7, 11) is 0. The average Bonchev–Trinajstić information content (AvgIpc) is 3.42. The molecular weight excluding hydrogens is 453 g/mol. The lowest BCUT2D eigenvalue weighted by molar-refractivity contribution is -0.129. The van der Waals surface area contributed by atoms with Crippen LogP contribution >= 0.6 is 0 Å². The number of hydrogen-bond acceptors (Lipinski definition) is 7. The molecule has 3 aromatic rings. The Labute approximate surface area is 201 Å². The summed E-state index contributed by atoms with van der Waals surface area (Å²) < 4.78 is 20.5. The van der Waals surface area contributed by atoms with E-state index < -0.39 is 12.5 Å². The van der Waals surface area contributed by atoms with E-state index in [2.05, 4.69) is 26.5 Å². The van der Waals surface area contributed by atoms with Crippen LogP contribution in [0.5, 0.6) is 5.75 Å². The first-order chi connectivity index (χ1) is 16.9. The number of aryl methyl sites for hydroxylation is 2. The number of halogens is 1. The molecule has 0 bridgehead atoms. The molecule has 3 heterocycles. The fourth-order valence-corrected chi connectivity index (χ4v) is 4.28. The summed E-state index contributed by atoms with van der Waals surface area (Å²) in [6.45, 7) is 3.99. The number of nitrogens with one attached hydrogen (secondary N) is 4. The zero-order valence-electron chi connectivity index (χ0n) is 19.3. The summed E-state index contributed by atoms with van der Waals surface area (Å²) in [5, 5.41) is 15.4. The standard InChI is InChI=1S/C24H26FN7O3/c1-14-4-3-5-18(10-14)35-13-21(33)27-20-11-15(2)30-32(20)24-28-22-19(23(34)29-24)12-26-31(22)17-8-6-16(25)7-9-17/h3-11,19,22,24,26,28H,12-13H2,1-2H3,(H,27,33)(H,29,34). The Kier molecular flexibility index (Phi) is 6.10. The monoisotopic (exact) mass is 479 g/mol. The number of fused-ring (bicyclic) bond motifs is 1. The van der Waals surface area contributed by atoms with Gasteiger partial charge < -0.3 is 15.4 Å². The van der Waals surface area contributed by atoms with Gasteiger partial charge in [0.1, 0.15) is 23.6 Å². The minimum absolute atomic E-state index is 0.163. The second-order valence-corrected chi connectivity index (χ2v) is 8.61. The van der Waals surface area contributed by atoms with E-state index in [-0.39, 0.29) is 30.2 Å². The highest BCUT2D eigenvalue weighted by atomic mass is 19.1. The van der Waals surface area contributed by atoms with Crippen molar-refractivity contribution in [2.45, 2.75) is 26.3 Å². The largest absolute Gasteiger partial charge is 0.484 e. The molecule has 0 spiro atoms. The fraction of sp³-hybridized carbons (Fsp3) is 0.292. The Bertz CT molecular complexity index is 1250. The zero-order valence-corrected chi connectivity index (χ0v) is 19.3. The van der Waals surface area contributed by atoms with E-state index >= 15 is 0 Å². The predicted molar refractivity (Wildman–Crippen MR) is 127 cm³/mol. The first kappa shape index (κ1) is 22.8. The Balaban J connectivity index is 1.30. The SMILES string of the molecule is Cc1cccc(OCC(=O)Nc2cc(C)nn2C2NC(=O)C3CNN(c4ccc(F)cc4)C3N2)c1. The maximum Gasteiger partial charge on any atom is 0.263 e. The quantitative estimate of drug-likeness (QED) is 0.427. The first-order valence-corrected chi connectivity index (χ1v) is 11.3. The van der Waals surface area contributed by atoms with E-state index in [0.717, 1.165) is 11.3 Å². The van der Waals surface area contributed by atoms with Gasteiger partial charge >= 0.3 is 0 Å². The molecule has 5 rings (SSSR count). The van der Waals surface area contributed by atoms with Gasteiger partial charge in [0, 0.05) is 12.6 Å². The van der Waals surface area contributed by atoms with E-state index in [1.54, 1.807) is 36.2 Å². The van der Waals surface area contributed by atoms with Crippen LogP contribution in [0.3, 0.4) is 0 Å². The lowest BCUT2D eigenvalue weighted by Crippen LogP contribution is -2.61. The number of amides is 2. The molecule has 1 aromatic heterocycles.